The lowest BCUT2D eigenvalue weighted by Gasteiger charge is -2.15. The first-order valence-corrected chi connectivity index (χ1v) is 10.7. The molecule has 3 rings (SSSR count). The Kier molecular flexibility index (Phi) is 7.89. The van der Waals surface area contributed by atoms with Crippen LogP contribution in [-0.2, 0) is 6.54 Å². The van der Waals surface area contributed by atoms with Crippen LogP contribution in [0, 0.1) is 12.7 Å². The number of pyridine rings is 1. The minimum absolute atomic E-state index is 0.230. The van der Waals surface area contributed by atoms with Crippen molar-refractivity contribution in [3.8, 4) is 11.5 Å². The first kappa shape index (κ1) is 21.9. The van der Waals surface area contributed by atoms with E-state index in [4.69, 9.17) is 9.47 Å². The second-order valence-corrected chi connectivity index (χ2v) is 7.57. The molecule has 3 aromatic rings. The smallest absolute Gasteiger partial charge is 0.163 e. The van der Waals surface area contributed by atoms with Crippen LogP contribution in [0.25, 0.3) is 10.9 Å². The Hall–Kier alpha value is -2.82. The van der Waals surface area contributed by atoms with Crippen LogP contribution in [0.2, 0.25) is 0 Å². The normalized spacial score (nSPS) is 10.9. The van der Waals surface area contributed by atoms with Crippen LogP contribution in [-0.4, -0.2) is 18.7 Å². The van der Waals surface area contributed by atoms with Crippen molar-refractivity contribution in [3.05, 3.63) is 59.5 Å². The molecule has 0 radical (unpaired) electrons. The molecule has 0 saturated heterocycles. The zero-order valence-electron chi connectivity index (χ0n) is 18.1. The highest BCUT2D eigenvalue weighted by Gasteiger charge is 2.12. The zero-order valence-corrected chi connectivity index (χ0v) is 18.1. The third-order valence-electron chi connectivity index (χ3n) is 5.12. The number of benzene rings is 2. The molecule has 5 heteroatoms. The summed E-state index contributed by atoms with van der Waals surface area (Å²) >= 11 is 0. The molecule has 0 spiro atoms. The molecule has 1 aromatic heterocycles. The van der Waals surface area contributed by atoms with Crippen molar-refractivity contribution in [1.29, 1.82) is 0 Å². The summed E-state index contributed by atoms with van der Waals surface area (Å²) in [6, 6.07) is 12.5. The van der Waals surface area contributed by atoms with E-state index < -0.39 is 0 Å². The van der Waals surface area contributed by atoms with E-state index in [9.17, 15) is 4.39 Å². The number of hydrogen-bond donors (Lipinski definition) is 1. The molecule has 1 heterocycles. The summed E-state index contributed by atoms with van der Waals surface area (Å²) in [5.41, 5.74) is 3.75. The van der Waals surface area contributed by atoms with E-state index in [1.165, 1.54) is 37.8 Å². The van der Waals surface area contributed by atoms with E-state index in [1.807, 2.05) is 25.1 Å². The van der Waals surface area contributed by atoms with Gasteiger partial charge in [-0.3, -0.25) is 4.98 Å². The number of ether oxygens (including phenoxy) is 2. The Bertz CT molecular complexity index is 958. The Labute approximate surface area is 178 Å². The van der Waals surface area contributed by atoms with E-state index in [0.29, 0.717) is 18.9 Å². The molecule has 160 valence electrons. The fourth-order valence-electron chi connectivity index (χ4n) is 3.47. The number of aryl methyl sites for hydroxylation is 1. The quantitative estimate of drug-likeness (QED) is 0.359. The predicted octanol–water partition coefficient (Wildman–Crippen LogP) is 6.65. The van der Waals surface area contributed by atoms with Gasteiger partial charge in [-0.15, -0.1) is 0 Å². The van der Waals surface area contributed by atoms with Crippen LogP contribution in [0.3, 0.4) is 0 Å². The van der Waals surface area contributed by atoms with Crippen LogP contribution in [0.1, 0.15) is 50.3 Å². The number of halogens is 1. The Morgan fingerprint density at radius 3 is 2.47 bits per heavy atom. The van der Waals surface area contributed by atoms with Gasteiger partial charge < -0.3 is 14.8 Å². The van der Waals surface area contributed by atoms with E-state index >= 15 is 0 Å². The summed E-state index contributed by atoms with van der Waals surface area (Å²) in [6.45, 7) is 5.46. The molecule has 0 amide bonds. The van der Waals surface area contributed by atoms with Crippen molar-refractivity contribution >= 4 is 16.6 Å². The number of unbranched alkanes of at least 4 members (excludes halogenated alkanes) is 4. The van der Waals surface area contributed by atoms with Crippen LogP contribution >= 0.6 is 0 Å². The number of nitrogens with zero attached hydrogens (tertiary/aromatic N) is 1. The summed E-state index contributed by atoms with van der Waals surface area (Å²) in [4.78, 5) is 4.68. The summed E-state index contributed by atoms with van der Waals surface area (Å²) in [5.74, 6) is 1.20. The summed E-state index contributed by atoms with van der Waals surface area (Å²) < 4.78 is 24.7. The largest absolute Gasteiger partial charge is 0.493 e. The van der Waals surface area contributed by atoms with Gasteiger partial charge in [-0.2, -0.15) is 0 Å². The van der Waals surface area contributed by atoms with Gasteiger partial charge in [-0.05, 0) is 43.2 Å². The summed E-state index contributed by atoms with van der Waals surface area (Å²) in [7, 11) is 1.66. The standard InChI is InChI=1S/C25H31FN2O2/c1-4-5-6-7-8-13-30-25-16-23-21(15-24(25)29-3)22(14-18(2)28-23)27-17-19-9-11-20(26)12-10-19/h9-12,14-16H,4-8,13,17H2,1-3H3,(H,27,28). The van der Waals surface area contributed by atoms with Crippen molar-refractivity contribution in [2.24, 2.45) is 0 Å². The average molecular weight is 411 g/mol. The van der Waals surface area contributed by atoms with Crippen molar-refractivity contribution in [1.82, 2.24) is 4.98 Å². The van der Waals surface area contributed by atoms with E-state index in [-0.39, 0.29) is 5.82 Å². The lowest BCUT2D eigenvalue weighted by atomic mass is 10.1. The molecule has 30 heavy (non-hydrogen) atoms. The van der Waals surface area contributed by atoms with Crippen molar-refractivity contribution in [3.63, 3.8) is 0 Å². The average Bonchev–Trinajstić information content (AvgIpc) is 2.75. The second-order valence-electron chi connectivity index (χ2n) is 7.57. The molecule has 0 aliphatic rings. The molecule has 0 saturated carbocycles. The van der Waals surface area contributed by atoms with Gasteiger partial charge in [0.15, 0.2) is 11.5 Å². The van der Waals surface area contributed by atoms with Gasteiger partial charge in [0.2, 0.25) is 0 Å². The highest BCUT2D eigenvalue weighted by Crippen LogP contribution is 2.35. The molecule has 0 aliphatic carbocycles. The van der Waals surface area contributed by atoms with E-state index in [2.05, 4.69) is 17.2 Å². The topological polar surface area (TPSA) is 43.4 Å². The van der Waals surface area contributed by atoms with Gasteiger partial charge in [0.25, 0.3) is 0 Å². The van der Waals surface area contributed by atoms with Crippen molar-refractivity contribution < 1.29 is 13.9 Å². The SMILES string of the molecule is CCCCCCCOc1cc2nc(C)cc(NCc3ccc(F)cc3)c2cc1OC. The molecule has 0 atom stereocenters. The number of methoxy groups -OCH3 is 1. The van der Waals surface area contributed by atoms with Crippen molar-refractivity contribution in [2.45, 2.75) is 52.5 Å². The maximum Gasteiger partial charge on any atom is 0.163 e. The second kappa shape index (κ2) is 10.8. The minimum Gasteiger partial charge on any atom is -0.493 e. The highest BCUT2D eigenvalue weighted by atomic mass is 19.1. The van der Waals surface area contributed by atoms with Gasteiger partial charge in [0.05, 0.1) is 19.2 Å². The lowest BCUT2D eigenvalue weighted by Crippen LogP contribution is -2.03. The fraction of sp³-hybridized carbons (Fsp3) is 0.400. The number of rotatable bonds is 11. The van der Waals surface area contributed by atoms with Gasteiger partial charge in [-0.25, -0.2) is 4.39 Å². The maximum atomic E-state index is 13.1. The predicted molar refractivity (Wildman–Crippen MR) is 121 cm³/mol. The minimum atomic E-state index is -0.230. The first-order valence-electron chi connectivity index (χ1n) is 10.7. The van der Waals surface area contributed by atoms with Gasteiger partial charge in [-0.1, -0.05) is 44.7 Å². The number of anilines is 1. The van der Waals surface area contributed by atoms with E-state index in [0.717, 1.165) is 40.0 Å². The van der Waals surface area contributed by atoms with Crippen molar-refractivity contribution in [2.75, 3.05) is 19.0 Å². The van der Waals surface area contributed by atoms with Crippen LogP contribution < -0.4 is 14.8 Å². The van der Waals surface area contributed by atoms with E-state index in [1.54, 1.807) is 19.2 Å². The van der Waals surface area contributed by atoms with Gasteiger partial charge in [0, 0.05) is 29.4 Å². The molecule has 0 fully saturated rings. The molecule has 0 unspecified atom stereocenters. The van der Waals surface area contributed by atoms with Crippen LogP contribution in [0.5, 0.6) is 11.5 Å². The van der Waals surface area contributed by atoms with Crippen LogP contribution in [0.15, 0.2) is 42.5 Å². The number of aromatic nitrogens is 1. The van der Waals surface area contributed by atoms with Crippen LogP contribution in [0.4, 0.5) is 10.1 Å². The Morgan fingerprint density at radius 1 is 0.967 bits per heavy atom. The van der Waals surface area contributed by atoms with Gasteiger partial charge in [0.1, 0.15) is 5.82 Å². The Morgan fingerprint density at radius 2 is 1.73 bits per heavy atom. The zero-order chi connectivity index (χ0) is 21.3. The summed E-state index contributed by atoms with van der Waals surface area (Å²) in [6.07, 6.45) is 5.97. The molecular weight excluding hydrogens is 379 g/mol. The third-order valence-corrected chi connectivity index (χ3v) is 5.12. The fourth-order valence-corrected chi connectivity index (χ4v) is 3.47. The molecule has 4 nitrogen and oxygen atoms in total. The molecule has 0 aliphatic heterocycles. The number of nitrogens with one attached hydrogen (secondary N) is 1. The highest BCUT2D eigenvalue weighted by molar-refractivity contribution is 5.94. The maximum absolute atomic E-state index is 13.1. The molecular formula is C25H31FN2O2. The molecule has 0 bridgehead atoms. The first-order chi connectivity index (χ1) is 14.6. The molecule has 2 aromatic carbocycles. The molecule has 1 N–H and O–H groups in total. The Balaban J connectivity index is 1.77. The van der Waals surface area contributed by atoms with Gasteiger partial charge >= 0.3 is 0 Å². The monoisotopic (exact) mass is 410 g/mol. The third kappa shape index (κ3) is 5.85. The lowest BCUT2D eigenvalue weighted by molar-refractivity contribution is 0.285. The number of hydrogen-bond acceptors (Lipinski definition) is 4. The number of fused-ring (bicyclic) bond motifs is 1. The summed E-state index contributed by atoms with van der Waals surface area (Å²) in [5, 5.41) is 4.42.